The van der Waals surface area contributed by atoms with Crippen molar-refractivity contribution in [1.29, 1.82) is 0 Å². The molecule has 0 aliphatic carbocycles. The number of thioether (sulfide) groups is 1. The van der Waals surface area contributed by atoms with E-state index in [0.717, 1.165) is 21.7 Å². The monoisotopic (exact) mass is 714 g/mol. The highest BCUT2D eigenvalue weighted by Gasteiger charge is 2.24. The van der Waals surface area contributed by atoms with Crippen molar-refractivity contribution in [2.24, 2.45) is 0 Å². The van der Waals surface area contributed by atoms with Crippen molar-refractivity contribution in [3.63, 3.8) is 0 Å². The topological polar surface area (TPSA) is 109 Å². The Morgan fingerprint density at radius 1 is 0.824 bits per heavy atom. The lowest BCUT2D eigenvalue weighted by molar-refractivity contribution is -0.116. The minimum Gasteiger partial charge on any atom is -0.497 e. The van der Waals surface area contributed by atoms with E-state index in [2.05, 4.69) is 20.9 Å². The van der Waals surface area contributed by atoms with Crippen molar-refractivity contribution < 1.29 is 23.5 Å². The molecule has 1 atom stereocenters. The molecule has 0 fully saturated rings. The summed E-state index contributed by atoms with van der Waals surface area (Å²) in [6.07, 6.45) is 1.29. The van der Waals surface area contributed by atoms with E-state index < -0.39 is 22.9 Å². The maximum absolute atomic E-state index is 14.5. The number of rotatable bonds is 12. The van der Waals surface area contributed by atoms with Crippen molar-refractivity contribution in [2.45, 2.75) is 10.1 Å². The van der Waals surface area contributed by atoms with E-state index in [0.29, 0.717) is 22.1 Å². The van der Waals surface area contributed by atoms with Gasteiger partial charge in [0.2, 0.25) is 5.91 Å². The van der Waals surface area contributed by atoms with Crippen molar-refractivity contribution in [3.8, 4) is 17.0 Å². The Bertz CT molecular complexity index is 2170. The van der Waals surface area contributed by atoms with E-state index in [-0.39, 0.29) is 17.2 Å². The Hall–Kier alpha value is -6.04. The van der Waals surface area contributed by atoms with Crippen LogP contribution in [-0.4, -0.2) is 29.8 Å². The molecule has 51 heavy (non-hydrogen) atoms. The first-order chi connectivity index (χ1) is 24.9. The second-order valence-corrected chi connectivity index (χ2v) is 13.1. The van der Waals surface area contributed by atoms with Crippen molar-refractivity contribution >= 4 is 57.7 Å². The number of nitrogens with zero attached hydrogens (tertiary/aromatic N) is 1. The highest BCUT2D eigenvalue weighted by molar-refractivity contribution is 8.00. The van der Waals surface area contributed by atoms with Crippen LogP contribution in [0.3, 0.4) is 0 Å². The Labute approximate surface area is 302 Å². The number of ether oxygens (including phenoxy) is 1. The minimum absolute atomic E-state index is 0.134. The van der Waals surface area contributed by atoms with Crippen LogP contribution in [0, 0.1) is 5.82 Å². The Kier molecular flexibility index (Phi) is 11.3. The smallest absolute Gasteiger partial charge is 0.272 e. The van der Waals surface area contributed by atoms with Crippen LogP contribution in [0.2, 0.25) is 0 Å². The van der Waals surface area contributed by atoms with Crippen LogP contribution in [0.1, 0.15) is 26.7 Å². The molecule has 11 heteroatoms. The van der Waals surface area contributed by atoms with E-state index >= 15 is 0 Å². The third kappa shape index (κ3) is 9.15. The highest BCUT2D eigenvalue weighted by atomic mass is 32.2. The molecule has 254 valence electrons. The molecule has 0 saturated heterocycles. The Balaban J connectivity index is 1.17. The molecule has 0 radical (unpaired) electrons. The summed E-state index contributed by atoms with van der Waals surface area (Å²) in [4.78, 5) is 45.5. The van der Waals surface area contributed by atoms with Crippen molar-refractivity contribution in [1.82, 2.24) is 10.3 Å². The van der Waals surface area contributed by atoms with Gasteiger partial charge in [0.15, 0.2) is 5.13 Å². The van der Waals surface area contributed by atoms with Gasteiger partial charge in [0.25, 0.3) is 11.8 Å². The van der Waals surface area contributed by atoms with Crippen LogP contribution in [0.5, 0.6) is 5.75 Å². The van der Waals surface area contributed by atoms with E-state index in [1.807, 2.05) is 60.0 Å². The van der Waals surface area contributed by atoms with Crippen molar-refractivity contribution in [3.05, 3.63) is 167 Å². The third-order valence-electron chi connectivity index (χ3n) is 7.54. The quantitative estimate of drug-likeness (QED) is 0.0864. The summed E-state index contributed by atoms with van der Waals surface area (Å²) < 4.78 is 19.8. The molecule has 6 aromatic rings. The number of aromatic nitrogens is 1. The third-order valence-corrected chi connectivity index (χ3v) is 9.56. The predicted octanol–water partition coefficient (Wildman–Crippen LogP) is 8.84. The molecule has 0 spiro atoms. The summed E-state index contributed by atoms with van der Waals surface area (Å²) >= 11 is 2.68. The molecule has 8 nitrogen and oxygen atoms in total. The zero-order valence-corrected chi connectivity index (χ0v) is 28.8. The molecule has 3 amide bonds. The van der Waals surface area contributed by atoms with Gasteiger partial charge < -0.3 is 20.7 Å². The maximum Gasteiger partial charge on any atom is 0.272 e. The molecule has 0 bridgehead atoms. The van der Waals surface area contributed by atoms with E-state index in [1.54, 1.807) is 73.8 Å². The lowest BCUT2D eigenvalue weighted by Crippen LogP contribution is -2.30. The number of anilines is 2. The number of carbonyl (C=O) groups is 3. The van der Waals surface area contributed by atoms with Gasteiger partial charge in [0.1, 0.15) is 22.5 Å². The normalized spacial score (nSPS) is 11.7. The maximum atomic E-state index is 14.5. The number of halogens is 1. The fourth-order valence-corrected chi connectivity index (χ4v) is 6.71. The summed E-state index contributed by atoms with van der Waals surface area (Å²) in [6.45, 7) is 0. The molecular formula is C40H31FN4O4S2. The number of hydrogen-bond donors (Lipinski definition) is 3. The number of methoxy groups -OCH3 is 1. The first-order valence-corrected chi connectivity index (χ1v) is 17.5. The number of nitrogens with one attached hydrogen (secondary N) is 3. The zero-order valence-electron chi connectivity index (χ0n) is 27.2. The van der Waals surface area contributed by atoms with Gasteiger partial charge >= 0.3 is 0 Å². The van der Waals surface area contributed by atoms with Gasteiger partial charge in [-0.05, 0) is 66.2 Å². The average Bonchev–Trinajstić information content (AvgIpc) is 3.64. The van der Waals surface area contributed by atoms with Crippen molar-refractivity contribution in [2.75, 3.05) is 17.7 Å². The number of thiazole rings is 1. The zero-order chi connectivity index (χ0) is 35.6. The molecule has 1 aromatic heterocycles. The SMILES string of the molecule is COc1cccc(-c2csc(NC(=O)C(Sc3ccc(NC(=O)/C(=C/c4ccccc4F)NC(=O)c4ccccc4)cc3)c3ccccc3)n2)c1. The van der Waals surface area contributed by atoms with Crippen LogP contribution in [0.4, 0.5) is 15.2 Å². The summed E-state index contributed by atoms with van der Waals surface area (Å²) in [5, 5.41) is 10.1. The molecule has 1 heterocycles. The van der Waals surface area contributed by atoms with Gasteiger partial charge in [-0.2, -0.15) is 0 Å². The van der Waals surface area contributed by atoms with Gasteiger partial charge in [-0.1, -0.05) is 78.9 Å². The van der Waals surface area contributed by atoms with Gasteiger partial charge in [0, 0.05) is 32.7 Å². The molecule has 6 rings (SSSR count). The summed E-state index contributed by atoms with van der Waals surface area (Å²) in [6, 6.07) is 38.3. The number of benzene rings is 5. The first kappa shape index (κ1) is 34.8. The molecule has 1 unspecified atom stereocenters. The molecule has 3 N–H and O–H groups in total. The summed E-state index contributed by atoms with van der Waals surface area (Å²) in [5.41, 5.74) is 3.19. The van der Waals surface area contributed by atoms with E-state index in [9.17, 15) is 18.8 Å². The number of hydrogen-bond acceptors (Lipinski definition) is 7. The van der Waals surface area contributed by atoms with Crippen LogP contribution < -0.4 is 20.7 Å². The lowest BCUT2D eigenvalue weighted by Gasteiger charge is -2.17. The Morgan fingerprint density at radius 2 is 1.53 bits per heavy atom. The first-order valence-electron chi connectivity index (χ1n) is 15.7. The van der Waals surface area contributed by atoms with Gasteiger partial charge in [0.05, 0.1) is 12.8 Å². The fraction of sp³-hybridized carbons (Fsp3) is 0.0500. The minimum atomic E-state index is -0.638. The van der Waals surface area contributed by atoms with Crippen LogP contribution >= 0.6 is 23.1 Å². The summed E-state index contributed by atoms with van der Waals surface area (Å²) in [7, 11) is 1.61. The highest BCUT2D eigenvalue weighted by Crippen LogP contribution is 2.37. The van der Waals surface area contributed by atoms with Crippen LogP contribution in [-0.2, 0) is 9.59 Å². The van der Waals surface area contributed by atoms with Gasteiger partial charge in [-0.3, -0.25) is 14.4 Å². The molecule has 0 aliphatic rings. The standard InChI is InChI=1S/C40H31FN4O4S2/c1-49-31-17-10-16-29(23-31)35-25-50-40(44-35)45-39(48)36(26-11-4-2-5-12-26)51-32-21-19-30(20-22-32)42-38(47)34(24-28-15-8-9-18-33(28)41)43-37(46)27-13-6-3-7-14-27/h2-25,36H,1H3,(H,42,47)(H,43,46)(H,44,45,48)/b34-24-. The predicted molar refractivity (Wildman–Crippen MR) is 201 cm³/mol. The number of carbonyl (C=O) groups excluding carboxylic acids is 3. The Morgan fingerprint density at radius 3 is 2.25 bits per heavy atom. The van der Waals surface area contributed by atoms with Gasteiger partial charge in [-0.25, -0.2) is 9.37 Å². The fourth-order valence-electron chi connectivity index (χ4n) is 4.96. The van der Waals surface area contributed by atoms with Gasteiger partial charge in [-0.15, -0.1) is 23.1 Å². The lowest BCUT2D eigenvalue weighted by atomic mass is 10.1. The largest absolute Gasteiger partial charge is 0.497 e. The molecule has 5 aromatic carbocycles. The van der Waals surface area contributed by atoms with E-state index in [1.165, 1.54) is 41.3 Å². The molecule has 0 aliphatic heterocycles. The summed E-state index contributed by atoms with van der Waals surface area (Å²) in [5.74, 6) is -1.22. The second-order valence-electron chi connectivity index (χ2n) is 11.0. The average molecular weight is 715 g/mol. The van der Waals surface area contributed by atoms with Crippen LogP contribution in [0.25, 0.3) is 17.3 Å². The van der Waals surface area contributed by atoms with Crippen LogP contribution in [0.15, 0.2) is 149 Å². The number of amides is 3. The van der Waals surface area contributed by atoms with E-state index in [4.69, 9.17) is 4.74 Å². The second kappa shape index (κ2) is 16.6. The molecular weight excluding hydrogens is 684 g/mol. The molecule has 0 saturated carbocycles.